The summed E-state index contributed by atoms with van der Waals surface area (Å²) in [5.74, 6) is 0.554. The Morgan fingerprint density at radius 2 is 1.67 bits per heavy atom. The zero-order valence-corrected chi connectivity index (χ0v) is 23.9. The minimum absolute atomic E-state index is 0.119. The van der Waals surface area contributed by atoms with E-state index in [1.807, 2.05) is 52.0 Å². The van der Waals surface area contributed by atoms with E-state index in [0.717, 1.165) is 23.3 Å². The van der Waals surface area contributed by atoms with Crippen LogP contribution < -0.4 is 14.8 Å². The predicted molar refractivity (Wildman–Crippen MR) is 152 cm³/mol. The average Bonchev–Trinajstić information content (AvgIpc) is 2.93. The van der Waals surface area contributed by atoms with Gasteiger partial charge in [-0.2, -0.15) is 0 Å². The van der Waals surface area contributed by atoms with Crippen molar-refractivity contribution in [1.29, 1.82) is 0 Å². The highest BCUT2D eigenvalue weighted by Gasteiger charge is 2.43. The van der Waals surface area contributed by atoms with Crippen LogP contribution in [-0.2, 0) is 23.0 Å². The van der Waals surface area contributed by atoms with Crippen LogP contribution in [0.25, 0.3) is 0 Å². The maximum atomic E-state index is 13.6. The SMILES string of the molecule is CCc1ccc(S(=O)(=O)N[C@@H]2c3cc(C(=O)N(CC)Cc4ccc(OC)cc4)ccc3NC(C)(C)[C@H]2O)cc1. The number of sulfonamides is 1. The molecule has 1 aliphatic rings. The number of anilines is 1. The number of nitrogens with one attached hydrogen (secondary N) is 2. The number of fused-ring (bicyclic) bond motifs is 1. The zero-order chi connectivity index (χ0) is 28.4. The molecule has 3 N–H and O–H groups in total. The van der Waals surface area contributed by atoms with Crippen LogP contribution in [0.1, 0.15) is 60.8 Å². The number of ether oxygens (including phenoxy) is 1. The number of carbonyl (C=O) groups excluding carboxylic acids is 1. The molecule has 1 heterocycles. The number of rotatable bonds is 9. The van der Waals surface area contributed by atoms with Gasteiger partial charge < -0.3 is 20.1 Å². The maximum absolute atomic E-state index is 13.6. The number of aliphatic hydroxyl groups excluding tert-OH is 1. The molecule has 0 radical (unpaired) electrons. The van der Waals surface area contributed by atoms with E-state index in [1.54, 1.807) is 54.5 Å². The van der Waals surface area contributed by atoms with Gasteiger partial charge in [-0.25, -0.2) is 13.1 Å². The second-order valence-corrected chi connectivity index (χ2v) is 12.1. The second-order valence-electron chi connectivity index (χ2n) is 10.4. The number of hydrogen-bond donors (Lipinski definition) is 3. The van der Waals surface area contributed by atoms with E-state index in [9.17, 15) is 18.3 Å². The van der Waals surface area contributed by atoms with Crippen LogP contribution in [0.5, 0.6) is 5.75 Å². The largest absolute Gasteiger partial charge is 0.497 e. The van der Waals surface area contributed by atoms with Gasteiger partial charge in [0.1, 0.15) is 5.75 Å². The lowest BCUT2D eigenvalue weighted by Gasteiger charge is -2.43. The molecule has 0 aromatic heterocycles. The number of carbonyl (C=O) groups is 1. The van der Waals surface area contributed by atoms with Gasteiger partial charge in [0.2, 0.25) is 10.0 Å². The average molecular weight is 552 g/mol. The minimum Gasteiger partial charge on any atom is -0.497 e. The highest BCUT2D eigenvalue weighted by molar-refractivity contribution is 7.89. The van der Waals surface area contributed by atoms with Crippen LogP contribution in [-0.4, -0.2) is 49.6 Å². The Kier molecular flexibility index (Phi) is 8.34. The molecule has 8 nitrogen and oxygen atoms in total. The highest BCUT2D eigenvalue weighted by atomic mass is 32.2. The number of benzene rings is 3. The maximum Gasteiger partial charge on any atom is 0.254 e. The summed E-state index contributed by atoms with van der Waals surface area (Å²) in [5, 5.41) is 14.6. The van der Waals surface area contributed by atoms with Gasteiger partial charge in [-0.3, -0.25) is 4.79 Å². The Morgan fingerprint density at radius 3 is 2.26 bits per heavy atom. The molecule has 3 aromatic carbocycles. The molecule has 0 fully saturated rings. The van der Waals surface area contributed by atoms with E-state index < -0.39 is 27.7 Å². The molecule has 2 atom stereocenters. The van der Waals surface area contributed by atoms with Crippen molar-refractivity contribution in [3.05, 3.63) is 89.0 Å². The first kappa shape index (κ1) is 28.6. The first-order valence-electron chi connectivity index (χ1n) is 13.1. The molecule has 39 heavy (non-hydrogen) atoms. The summed E-state index contributed by atoms with van der Waals surface area (Å²) >= 11 is 0. The zero-order valence-electron chi connectivity index (χ0n) is 23.1. The molecule has 4 rings (SSSR count). The lowest BCUT2D eigenvalue weighted by atomic mass is 9.82. The van der Waals surface area contributed by atoms with Crippen LogP contribution in [0.15, 0.2) is 71.6 Å². The third-order valence-electron chi connectivity index (χ3n) is 7.27. The summed E-state index contributed by atoms with van der Waals surface area (Å²) in [6.45, 7) is 8.43. The van der Waals surface area contributed by atoms with Crippen molar-refractivity contribution < 1.29 is 23.1 Å². The molecule has 3 aromatic rings. The van der Waals surface area contributed by atoms with E-state index >= 15 is 0 Å². The normalized spacial score (nSPS) is 18.1. The van der Waals surface area contributed by atoms with Crippen molar-refractivity contribution >= 4 is 21.6 Å². The van der Waals surface area contributed by atoms with E-state index in [4.69, 9.17) is 4.74 Å². The fourth-order valence-electron chi connectivity index (χ4n) is 4.80. The van der Waals surface area contributed by atoms with E-state index in [1.165, 1.54) is 0 Å². The minimum atomic E-state index is -3.95. The molecule has 9 heteroatoms. The van der Waals surface area contributed by atoms with E-state index in [-0.39, 0.29) is 10.8 Å². The first-order valence-corrected chi connectivity index (χ1v) is 14.6. The summed E-state index contributed by atoms with van der Waals surface area (Å²) in [7, 11) is -2.35. The Bertz CT molecular complexity index is 1420. The van der Waals surface area contributed by atoms with Crippen molar-refractivity contribution in [2.24, 2.45) is 0 Å². The Hall–Kier alpha value is -3.40. The number of amides is 1. The Labute approximate surface area is 231 Å². The van der Waals surface area contributed by atoms with Gasteiger partial charge in [0, 0.05) is 24.3 Å². The first-order chi connectivity index (χ1) is 18.5. The van der Waals surface area contributed by atoms with Gasteiger partial charge in [-0.05, 0) is 86.3 Å². The monoisotopic (exact) mass is 551 g/mol. The molecule has 0 unspecified atom stereocenters. The lowest BCUT2D eigenvalue weighted by Crippen LogP contribution is -2.54. The number of aliphatic hydroxyl groups is 1. The van der Waals surface area contributed by atoms with Crippen LogP contribution in [0.3, 0.4) is 0 Å². The molecule has 0 saturated heterocycles. The Morgan fingerprint density at radius 1 is 1.03 bits per heavy atom. The van der Waals surface area contributed by atoms with Crippen LogP contribution >= 0.6 is 0 Å². The van der Waals surface area contributed by atoms with Crippen molar-refractivity contribution in [1.82, 2.24) is 9.62 Å². The molecule has 1 amide bonds. The van der Waals surface area contributed by atoms with Gasteiger partial charge in [0.25, 0.3) is 5.91 Å². The molecule has 0 saturated carbocycles. The molecule has 208 valence electrons. The molecule has 0 aliphatic carbocycles. The molecular formula is C30H37N3O5S. The van der Waals surface area contributed by atoms with Crippen molar-refractivity contribution in [2.75, 3.05) is 19.0 Å². The number of hydrogen-bond acceptors (Lipinski definition) is 6. The quantitative estimate of drug-likeness (QED) is 0.361. The van der Waals surface area contributed by atoms with Crippen molar-refractivity contribution in [2.45, 2.75) is 63.2 Å². The molecule has 0 spiro atoms. The summed E-state index contributed by atoms with van der Waals surface area (Å²) < 4.78 is 34.7. The second kappa shape index (κ2) is 11.4. The smallest absolute Gasteiger partial charge is 0.254 e. The Balaban J connectivity index is 1.65. The van der Waals surface area contributed by atoms with Gasteiger partial charge in [0.05, 0.1) is 29.7 Å². The summed E-state index contributed by atoms with van der Waals surface area (Å²) in [6.07, 6.45) is -0.298. The van der Waals surface area contributed by atoms with Crippen molar-refractivity contribution in [3.8, 4) is 5.75 Å². The van der Waals surface area contributed by atoms with Crippen molar-refractivity contribution in [3.63, 3.8) is 0 Å². The topological polar surface area (TPSA) is 108 Å². The van der Waals surface area contributed by atoms with E-state index in [2.05, 4.69) is 10.0 Å². The van der Waals surface area contributed by atoms with Crippen LogP contribution in [0, 0.1) is 0 Å². The summed E-state index contributed by atoms with van der Waals surface area (Å²) in [5.41, 5.74) is 2.76. The highest BCUT2D eigenvalue weighted by Crippen LogP contribution is 2.39. The summed E-state index contributed by atoms with van der Waals surface area (Å²) in [4.78, 5) is 15.4. The lowest BCUT2D eigenvalue weighted by molar-refractivity contribution is 0.0741. The van der Waals surface area contributed by atoms with Gasteiger partial charge in [-0.15, -0.1) is 0 Å². The molecule has 1 aliphatic heterocycles. The fraction of sp³-hybridized carbons (Fsp3) is 0.367. The van der Waals surface area contributed by atoms with Crippen LogP contribution in [0.2, 0.25) is 0 Å². The van der Waals surface area contributed by atoms with E-state index in [0.29, 0.717) is 29.9 Å². The van der Waals surface area contributed by atoms with Crippen LogP contribution in [0.4, 0.5) is 5.69 Å². The van der Waals surface area contributed by atoms with Gasteiger partial charge in [-0.1, -0.05) is 31.2 Å². The third-order valence-corrected chi connectivity index (χ3v) is 8.73. The summed E-state index contributed by atoms with van der Waals surface area (Å²) in [6, 6.07) is 18.5. The molecular weight excluding hydrogens is 514 g/mol. The number of nitrogens with zero attached hydrogens (tertiary/aromatic N) is 1. The fourth-order valence-corrected chi connectivity index (χ4v) is 6.02. The number of methoxy groups -OCH3 is 1. The number of aryl methyl sites for hydroxylation is 1. The standard InChI is InChI=1S/C30H37N3O5S/c1-6-20-10-15-24(16-11-20)39(36,37)32-27-25-18-22(12-17-26(25)31-30(3,4)28(27)34)29(35)33(7-2)19-21-8-13-23(38-5)14-9-21/h8-18,27-28,31-32,34H,6-7,19H2,1-5H3/t27-,28+/m1/s1. The van der Waals surface area contributed by atoms with Gasteiger partial charge >= 0.3 is 0 Å². The third kappa shape index (κ3) is 6.11. The predicted octanol–water partition coefficient (Wildman–Crippen LogP) is 4.50. The van der Waals surface area contributed by atoms with Gasteiger partial charge in [0.15, 0.2) is 0 Å². The molecule has 0 bridgehead atoms.